The molecule has 0 radical (unpaired) electrons. The zero-order valence-corrected chi connectivity index (χ0v) is 17.5. The molecule has 1 unspecified atom stereocenters. The van der Waals surface area contributed by atoms with Gasteiger partial charge in [-0.05, 0) is 66.0 Å². The quantitative estimate of drug-likeness (QED) is 0.764. The lowest BCUT2D eigenvalue weighted by Crippen LogP contribution is -2.47. The number of amides is 1. The third-order valence-corrected chi connectivity index (χ3v) is 7.12. The predicted octanol–water partition coefficient (Wildman–Crippen LogP) is 3.68. The number of aryl methyl sites for hydroxylation is 1. The van der Waals surface area contributed by atoms with E-state index in [2.05, 4.69) is 77.6 Å². The minimum absolute atomic E-state index is 0.0601. The summed E-state index contributed by atoms with van der Waals surface area (Å²) in [6.07, 6.45) is 3.24. The predicted molar refractivity (Wildman–Crippen MR) is 110 cm³/mol. The molecular weight excluding hydrogens is 390 g/mol. The highest BCUT2D eigenvalue weighted by atomic mass is 79.9. The van der Waals surface area contributed by atoms with Crippen molar-refractivity contribution >= 4 is 38.3 Å². The Morgan fingerprint density at radius 3 is 2.69 bits per heavy atom. The molecule has 2 aromatic rings. The molecule has 5 heteroatoms. The molecular formula is C21H26BrN3O. The van der Waals surface area contributed by atoms with E-state index in [1.54, 1.807) is 0 Å². The summed E-state index contributed by atoms with van der Waals surface area (Å²) >= 11 is 3.80. The number of nitrogens with zero attached hydrogens (tertiary/aromatic N) is 3. The highest BCUT2D eigenvalue weighted by Gasteiger charge is 2.37. The van der Waals surface area contributed by atoms with Crippen LogP contribution in [0.25, 0.3) is 16.5 Å². The molecule has 0 fully saturated rings. The lowest BCUT2D eigenvalue weighted by atomic mass is 9.79. The summed E-state index contributed by atoms with van der Waals surface area (Å²) in [6.45, 7) is 6.44. The maximum Gasteiger partial charge on any atom is 0.230 e. The summed E-state index contributed by atoms with van der Waals surface area (Å²) in [6, 6.07) is 6.87. The van der Waals surface area contributed by atoms with Gasteiger partial charge in [-0.25, -0.2) is 0 Å². The zero-order chi connectivity index (χ0) is 18.6. The molecule has 0 saturated heterocycles. The van der Waals surface area contributed by atoms with Crippen molar-refractivity contribution in [3.05, 3.63) is 40.0 Å². The Kier molecular flexibility index (Phi) is 4.48. The van der Waals surface area contributed by atoms with E-state index in [1.165, 1.54) is 32.2 Å². The molecule has 4 nitrogen and oxygen atoms in total. The van der Waals surface area contributed by atoms with Gasteiger partial charge in [0.15, 0.2) is 0 Å². The van der Waals surface area contributed by atoms with Crippen LogP contribution in [0.1, 0.15) is 25.0 Å². The van der Waals surface area contributed by atoms with E-state index in [9.17, 15) is 4.79 Å². The topological polar surface area (TPSA) is 28.5 Å². The number of halogens is 1. The minimum atomic E-state index is -0.0601. The van der Waals surface area contributed by atoms with Crippen LogP contribution in [0.5, 0.6) is 0 Å². The number of rotatable bonds is 3. The molecule has 138 valence electrons. The fourth-order valence-corrected chi connectivity index (χ4v) is 5.23. The first-order valence-corrected chi connectivity index (χ1v) is 10.2. The van der Waals surface area contributed by atoms with Crippen molar-refractivity contribution in [1.29, 1.82) is 0 Å². The van der Waals surface area contributed by atoms with Gasteiger partial charge in [0.2, 0.25) is 5.91 Å². The summed E-state index contributed by atoms with van der Waals surface area (Å²) in [5.41, 5.74) is 5.25. The van der Waals surface area contributed by atoms with E-state index in [-0.39, 0.29) is 11.8 Å². The van der Waals surface area contributed by atoms with Gasteiger partial charge in [-0.15, -0.1) is 0 Å². The van der Waals surface area contributed by atoms with Gasteiger partial charge in [0.05, 0.1) is 10.5 Å². The lowest BCUT2D eigenvalue weighted by molar-refractivity contribution is -0.134. The van der Waals surface area contributed by atoms with Gasteiger partial charge in [-0.3, -0.25) is 9.69 Å². The zero-order valence-electron chi connectivity index (χ0n) is 15.9. The number of carbonyl (C=O) groups excluding carboxylic acids is 1. The first-order valence-electron chi connectivity index (χ1n) is 9.44. The van der Waals surface area contributed by atoms with Gasteiger partial charge < -0.3 is 9.47 Å². The van der Waals surface area contributed by atoms with Gasteiger partial charge in [-0.1, -0.05) is 18.2 Å². The molecule has 1 aromatic carbocycles. The molecule has 0 saturated carbocycles. The number of hydrogen-bond donors (Lipinski definition) is 0. The van der Waals surface area contributed by atoms with Crippen LogP contribution < -0.4 is 0 Å². The van der Waals surface area contributed by atoms with Crippen molar-refractivity contribution in [3.8, 4) is 0 Å². The third kappa shape index (κ3) is 2.48. The molecule has 0 N–H and O–H groups in total. The number of carbonyl (C=O) groups is 1. The van der Waals surface area contributed by atoms with Crippen LogP contribution in [0.3, 0.4) is 0 Å². The largest absolute Gasteiger partial charge is 0.343 e. The van der Waals surface area contributed by atoms with E-state index in [0.29, 0.717) is 6.04 Å². The van der Waals surface area contributed by atoms with Crippen LogP contribution in [0.2, 0.25) is 0 Å². The molecule has 1 amide bonds. The molecule has 4 rings (SSSR count). The second-order valence-electron chi connectivity index (χ2n) is 7.43. The van der Waals surface area contributed by atoms with Crippen LogP contribution in [-0.4, -0.2) is 53.0 Å². The maximum absolute atomic E-state index is 13.0. The molecule has 2 aliphatic rings. The fourth-order valence-electron chi connectivity index (χ4n) is 4.68. The van der Waals surface area contributed by atoms with Crippen molar-refractivity contribution in [2.75, 3.05) is 26.7 Å². The number of hydrogen-bond acceptors (Lipinski definition) is 2. The Balaban J connectivity index is 1.86. The van der Waals surface area contributed by atoms with Crippen LogP contribution in [-0.2, 0) is 18.3 Å². The van der Waals surface area contributed by atoms with Crippen molar-refractivity contribution in [1.82, 2.24) is 14.4 Å². The van der Waals surface area contributed by atoms with E-state index in [4.69, 9.17) is 0 Å². The molecule has 1 aromatic heterocycles. The monoisotopic (exact) mass is 415 g/mol. The SMILES string of the molecule is CCN(CC)C(=O)[C@@H]1C=C2c3cccc4c3c(c(Br)n4C)CC2N(C)C1. The van der Waals surface area contributed by atoms with Crippen molar-refractivity contribution in [3.63, 3.8) is 0 Å². The molecule has 0 spiro atoms. The second-order valence-corrected chi connectivity index (χ2v) is 8.18. The average molecular weight is 416 g/mol. The van der Waals surface area contributed by atoms with Crippen LogP contribution in [0, 0.1) is 5.92 Å². The Labute approximate surface area is 163 Å². The molecule has 2 atom stereocenters. The number of likely N-dealkylation sites (N-methyl/N-ethyl adjacent to an activating group) is 1. The Morgan fingerprint density at radius 2 is 2.00 bits per heavy atom. The van der Waals surface area contributed by atoms with Gasteiger partial charge in [-0.2, -0.15) is 0 Å². The van der Waals surface area contributed by atoms with Crippen molar-refractivity contribution in [2.45, 2.75) is 26.3 Å². The second kappa shape index (κ2) is 6.54. The Bertz CT molecular complexity index is 910. The van der Waals surface area contributed by atoms with Gasteiger partial charge in [0.1, 0.15) is 0 Å². The number of benzene rings is 1. The first-order chi connectivity index (χ1) is 12.5. The Morgan fingerprint density at radius 1 is 1.27 bits per heavy atom. The fraction of sp³-hybridized carbons (Fsp3) is 0.476. The normalized spacial score (nSPS) is 22.3. The summed E-state index contributed by atoms with van der Waals surface area (Å²) in [5, 5.41) is 1.34. The molecule has 1 aliphatic heterocycles. The van der Waals surface area contributed by atoms with E-state index < -0.39 is 0 Å². The highest BCUT2D eigenvalue weighted by Crippen LogP contribution is 2.44. The lowest BCUT2D eigenvalue weighted by Gasteiger charge is -2.40. The molecule has 2 heterocycles. The average Bonchev–Trinajstić information content (AvgIpc) is 2.89. The molecule has 1 aliphatic carbocycles. The maximum atomic E-state index is 13.0. The smallest absolute Gasteiger partial charge is 0.230 e. The van der Waals surface area contributed by atoms with E-state index in [0.717, 1.165) is 26.1 Å². The summed E-state index contributed by atoms with van der Waals surface area (Å²) in [4.78, 5) is 17.3. The summed E-state index contributed by atoms with van der Waals surface area (Å²) in [7, 11) is 4.27. The van der Waals surface area contributed by atoms with Crippen LogP contribution in [0.15, 0.2) is 28.9 Å². The van der Waals surface area contributed by atoms with Gasteiger partial charge in [0.25, 0.3) is 0 Å². The molecule has 0 bridgehead atoms. The first kappa shape index (κ1) is 17.8. The minimum Gasteiger partial charge on any atom is -0.343 e. The summed E-state index contributed by atoms with van der Waals surface area (Å²) < 4.78 is 3.40. The third-order valence-electron chi connectivity index (χ3n) is 6.11. The van der Waals surface area contributed by atoms with Crippen molar-refractivity contribution < 1.29 is 4.79 Å². The Hall–Kier alpha value is -1.59. The number of aromatic nitrogens is 1. The van der Waals surface area contributed by atoms with Gasteiger partial charge >= 0.3 is 0 Å². The van der Waals surface area contributed by atoms with Crippen LogP contribution >= 0.6 is 15.9 Å². The van der Waals surface area contributed by atoms with Crippen LogP contribution in [0.4, 0.5) is 0 Å². The molecule has 26 heavy (non-hydrogen) atoms. The standard InChI is InChI=1S/C21H26BrN3O/c1-5-25(6-2)21(26)13-10-15-14-8-7-9-17-19(14)16(20(22)24(17)4)11-18(15)23(3)12-13/h7-10,13,18H,5-6,11-12H2,1-4H3/t13-,18?/m1/s1. The van der Waals surface area contributed by atoms with Crippen molar-refractivity contribution in [2.24, 2.45) is 13.0 Å². The van der Waals surface area contributed by atoms with E-state index in [1.807, 2.05) is 4.90 Å². The summed E-state index contributed by atoms with van der Waals surface area (Å²) in [5.74, 6) is 0.190. The highest BCUT2D eigenvalue weighted by molar-refractivity contribution is 9.10. The van der Waals surface area contributed by atoms with E-state index >= 15 is 0 Å². The number of fused-ring (bicyclic) bond motifs is 2. The van der Waals surface area contributed by atoms with Gasteiger partial charge in [0, 0.05) is 43.6 Å².